The fraction of sp³-hybridized carbons (Fsp3) is 0.0909. The van der Waals surface area contributed by atoms with Crippen LogP contribution in [0.25, 0.3) is 0 Å². The summed E-state index contributed by atoms with van der Waals surface area (Å²) >= 11 is 0. The van der Waals surface area contributed by atoms with Crippen molar-refractivity contribution >= 4 is 0 Å². The predicted octanol–water partition coefficient (Wildman–Crippen LogP) is 1.66. The topological polar surface area (TPSA) is 9.23 Å². The average Bonchev–Trinajstić information content (AvgIpc) is 2.16. The summed E-state index contributed by atoms with van der Waals surface area (Å²) < 4.78 is 5.04. The van der Waals surface area contributed by atoms with Crippen LogP contribution in [0, 0.1) is 24.7 Å². The highest BCUT2D eigenvalue weighted by molar-refractivity contribution is 5.56. The van der Waals surface area contributed by atoms with Gasteiger partial charge >= 0.3 is 0 Å². The summed E-state index contributed by atoms with van der Waals surface area (Å²) in [6, 6.07) is 5.39. The van der Waals surface area contributed by atoms with E-state index in [2.05, 4.69) is 11.8 Å². The molecule has 1 aromatic carbocycles. The molecule has 0 aliphatic carbocycles. The third-order valence-electron chi connectivity index (χ3n) is 1.55. The molecule has 1 aromatic rings. The van der Waals surface area contributed by atoms with Crippen LogP contribution in [0.1, 0.15) is 11.1 Å². The monoisotopic (exact) mass is 156 g/mol. The van der Waals surface area contributed by atoms with E-state index in [0.29, 0.717) is 16.9 Å². The Morgan fingerprint density at radius 1 is 1.25 bits per heavy atom. The summed E-state index contributed by atoms with van der Waals surface area (Å²) in [4.78, 5) is 0. The van der Waals surface area contributed by atoms with Gasteiger partial charge in [0.15, 0.2) is 0 Å². The molecule has 0 N–H and O–H groups in total. The quantitative estimate of drug-likeness (QED) is 0.562. The van der Waals surface area contributed by atoms with Gasteiger partial charge in [-0.1, -0.05) is 17.9 Å². The molecule has 0 saturated heterocycles. The molecule has 0 fully saturated rings. The van der Waals surface area contributed by atoms with Crippen LogP contribution < -0.4 is 4.74 Å². The Morgan fingerprint density at radius 2 is 2.00 bits per heavy atom. The lowest BCUT2D eigenvalue weighted by atomic mass is 10.1. The molecular formula is C11H8O. The highest BCUT2D eigenvalue weighted by Crippen LogP contribution is 2.19. The van der Waals surface area contributed by atoms with E-state index < -0.39 is 0 Å². The molecule has 0 saturated carbocycles. The van der Waals surface area contributed by atoms with Crippen LogP contribution in [0.4, 0.5) is 0 Å². The molecule has 1 rings (SSSR count). The van der Waals surface area contributed by atoms with Crippen LogP contribution in [0.15, 0.2) is 18.2 Å². The summed E-state index contributed by atoms with van der Waals surface area (Å²) in [5.41, 5.74) is 1.33. The first kappa shape index (κ1) is 8.24. The van der Waals surface area contributed by atoms with Crippen molar-refractivity contribution in [3.05, 3.63) is 29.3 Å². The number of methoxy groups -OCH3 is 1. The van der Waals surface area contributed by atoms with Crippen molar-refractivity contribution in [2.24, 2.45) is 0 Å². The zero-order valence-corrected chi connectivity index (χ0v) is 6.79. The zero-order valence-electron chi connectivity index (χ0n) is 6.79. The summed E-state index contributed by atoms with van der Waals surface area (Å²) in [6.07, 6.45) is 10.5. The molecule has 1 nitrogen and oxygen atoms in total. The van der Waals surface area contributed by atoms with Gasteiger partial charge in [-0.2, -0.15) is 0 Å². The molecule has 12 heavy (non-hydrogen) atoms. The molecule has 0 atom stereocenters. The van der Waals surface area contributed by atoms with Gasteiger partial charge in [0.05, 0.1) is 12.7 Å². The smallest absolute Gasteiger partial charge is 0.135 e. The van der Waals surface area contributed by atoms with Crippen LogP contribution in [-0.2, 0) is 0 Å². The number of rotatable bonds is 1. The fourth-order valence-corrected chi connectivity index (χ4v) is 0.970. The normalized spacial score (nSPS) is 8.25. The molecule has 0 radical (unpaired) electrons. The van der Waals surface area contributed by atoms with E-state index in [1.54, 1.807) is 19.2 Å². The number of hydrogen-bond donors (Lipinski definition) is 0. The standard InChI is InChI=1S/C11H8O/c1-4-9-7-6-8-11(12-3)10(9)5-2/h1-2,6-8H,3H3. The third-order valence-corrected chi connectivity index (χ3v) is 1.55. The van der Waals surface area contributed by atoms with Crippen molar-refractivity contribution in [2.45, 2.75) is 0 Å². The van der Waals surface area contributed by atoms with Gasteiger partial charge in [0.2, 0.25) is 0 Å². The van der Waals surface area contributed by atoms with E-state index in [4.69, 9.17) is 17.6 Å². The van der Waals surface area contributed by atoms with Crippen molar-refractivity contribution in [2.75, 3.05) is 7.11 Å². The average molecular weight is 156 g/mol. The minimum absolute atomic E-state index is 0.641. The van der Waals surface area contributed by atoms with Gasteiger partial charge in [0.1, 0.15) is 5.75 Å². The van der Waals surface area contributed by atoms with Gasteiger partial charge in [-0.3, -0.25) is 0 Å². The molecule has 0 amide bonds. The predicted molar refractivity (Wildman–Crippen MR) is 48.9 cm³/mol. The Labute approximate surface area is 72.4 Å². The molecule has 0 bridgehead atoms. The third kappa shape index (κ3) is 1.26. The maximum Gasteiger partial charge on any atom is 0.135 e. The minimum atomic E-state index is 0.641. The lowest BCUT2D eigenvalue weighted by Crippen LogP contribution is -1.90. The second kappa shape index (κ2) is 3.51. The van der Waals surface area contributed by atoms with E-state index in [-0.39, 0.29) is 0 Å². The van der Waals surface area contributed by atoms with E-state index >= 15 is 0 Å². The fourth-order valence-electron chi connectivity index (χ4n) is 0.970. The minimum Gasteiger partial charge on any atom is -0.495 e. The van der Waals surface area contributed by atoms with E-state index in [0.717, 1.165) is 0 Å². The largest absolute Gasteiger partial charge is 0.495 e. The summed E-state index contributed by atoms with van der Waals surface area (Å²) in [7, 11) is 1.57. The number of ether oxygens (including phenoxy) is 1. The highest BCUT2D eigenvalue weighted by atomic mass is 16.5. The first-order valence-electron chi connectivity index (χ1n) is 3.43. The first-order valence-corrected chi connectivity index (χ1v) is 3.43. The Hall–Kier alpha value is -1.86. The van der Waals surface area contributed by atoms with Crippen molar-refractivity contribution in [3.8, 4) is 30.4 Å². The molecule has 0 heterocycles. The molecule has 0 spiro atoms. The van der Waals surface area contributed by atoms with Crippen molar-refractivity contribution in [3.63, 3.8) is 0 Å². The van der Waals surface area contributed by atoms with Crippen LogP contribution >= 0.6 is 0 Å². The summed E-state index contributed by atoms with van der Waals surface area (Å²) in [5.74, 6) is 5.64. The maximum atomic E-state index is 5.28. The van der Waals surface area contributed by atoms with Crippen molar-refractivity contribution in [1.82, 2.24) is 0 Å². The Kier molecular flexibility index (Phi) is 2.41. The molecule has 0 aromatic heterocycles. The van der Waals surface area contributed by atoms with Gasteiger partial charge in [0, 0.05) is 5.56 Å². The van der Waals surface area contributed by atoms with Gasteiger partial charge in [-0.05, 0) is 12.1 Å². The molecular weight excluding hydrogens is 148 g/mol. The van der Waals surface area contributed by atoms with Gasteiger partial charge in [-0.15, -0.1) is 12.8 Å². The first-order chi connectivity index (χ1) is 5.83. The SMILES string of the molecule is C#Cc1cccc(OC)c1C#C. The van der Waals surface area contributed by atoms with E-state index in [1.807, 2.05) is 6.07 Å². The Balaban J connectivity index is 3.37. The van der Waals surface area contributed by atoms with Gasteiger partial charge in [-0.25, -0.2) is 0 Å². The summed E-state index contributed by atoms with van der Waals surface area (Å²) in [6.45, 7) is 0. The van der Waals surface area contributed by atoms with Gasteiger partial charge < -0.3 is 4.74 Å². The molecule has 1 heteroatoms. The number of terminal acetylenes is 2. The highest BCUT2D eigenvalue weighted by Gasteiger charge is 2.02. The number of benzene rings is 1. The van der Waals surface area contributed by atoms with Gasteiger partial charge in [0.25, 0.3) is 0 Å². The second-order valence-corrected chi connectivity index (χ2v) is 2.17. The molecule has 58 valence electrons. The number of hydrogen-bond acceptors (Lipinski definition) is 1. The molecule has 0 unspecified atom stereocenters. The Bertz CT molecular complexity index is 364. The lowest BCUT2D eigenvalue weighted by Gasteiger charge is -2.03. The van der Waals surface area contributed by atoms with Crippen LogP contribution in [0.3, 0.4) is 0 Å². The van der Waals surface area contributed by atoms with E-state index in [9.17, 15) is 0 Å². The maximum absolute atomic E-state index is 5.28. The van der Waals surface area contributed by atoms with Crippen LogP contribution in [0.5, 0.6) is 5.75 Å². The lowest BCUT2D eigenvalue weighted by molar-refractivity contribution is 0.413. The van der Waals surface area contributed by atoms with Crippen molar-refractivity contribution in [1.29, 1.82) is 0 Å². The van der Waals surface area contributed by atoms with Crippen LogP contribution in [-0.4, -0.2) is 7.11 Å². The molecule has 0 aliphatic heterocycles. The van der Waals surface area contributed by atoms with Crippen molar-refractivity contribution < 1.29 is 4.74 Å². The van der Waals surface area contributed by atoms with E-state index in [1.165, 1.54) is 0 Å². The second-order valence-electron chi connectivity index (χ2n) is 2.17. The molecule has 0 aliphatic rings. The zero-order chi connectivity index (χ0) is 8.97. The Morgan fingerprint density at radius 3 is 2.50 bits per heavy atom. The summed E-state index contributed by atoms with van der Waals surface area (Å²) in [5, 5.41) is 0. The van der Waals surface area contributed by atoms with Crippen LogP contribution in [0.2, 0.25) is 0 Å².